The van der Waals surface area contributed by atoms with E-state index >= 15 is 0 Å². The van der Waals surface area contributed by atoms with Crippen molar-refractivity contribution in [2.24, 2.45) is 0 Å². The third-order valence-corrected chi connectivity index (χ3v) is 3.26. The molecule has 0 aromatic heterocycles. The van der Waals surface area contributed by atoms with Crippen molar-refractivity contribution in [1.29, 1.82) is 0 Å². The van der Waals surface area contributed by atoms with Crippen LogP contribution >= 0.6 is 0 Å². The Morgan fingerprint density at radius 1 is 1.11 bits per heavy atom. The number of anilines is 2. The molecule has 0 aliphatic carbocycles. The van der Waals surface area contributed by atoms with Crippen molar-refractivity contribution in [2.45, 2.75) is 13.3 Å². The third-order valence-electron chi connectivity index (χ3n) is 3.26. The number of aryl methyl sites for hydroxylation is 1. The highest BCUT2D eigenvalue weighted by atomic mass is 16.5. The van der Waals surface area contributed by atoms with Gasteiger partial charge in [-0.2, -0.15) is 0 Å². The standard InChI is InChI=1S/C16H20N2O/c1-12-6-3-4-7-13(12)10-11-18-14-8-5-9-15(19-2)16(14)17/h3-9,18H,10-11,17H2,1-2H3. The normalized spacial score (nSPS) is 10.2. The summed E-state index contributed by atoms with van der Waals surface area (Å²) in [6.45, 7) is 2.98. The van der Waals surface area contributed by atoms with Gasteiger partial charge in [-0.3, -0.25) is 0 Å². The van der Waals surface area contributed by atoms with Gasteiger partial charge < -0.3 is 15.8 Å². The van der Waals surface area contributed by atoms with Gasteiger partial charge in [0.15, 0.2) is 0 Å². The lowest BCUT2D eigenvalue weighted by Crippen LogP contribution is -2.08. The SMILES string of the molecule is COc1cccc(NCCc2ccccc2C)c1N. The average molecular weight is 256 g/mol. The fourth-order valence-electron chi connectivity index (χ4n) is 2.10. The lowest BCUT2D eigenvalue weighted by Gasteiger charge is -2.12. The van der Waals surface area contributed by atoms with E-state index in [0.717, 1.165) is 18.7 Å². The lowest BCUT2D eigenvalue weighted by atomic mass is 10.1. The van der Waals surface area contributed by atoms with E-state index in [-0.39, 0.29) is 0 Å². The molecule has 3 nitrogen and oxygen atoms in total. The van der Waals surface area contributed by atoms with Gasteiger partial charge in [-0.05, 0) is 36.6 Å². The van der Waals surface area contributed by atoms with E-state index in [1.54, 1.807) is 7.11 Å². The minimum Gasteiger partial charge on any atom is -0.495 e. The number of nitrogen functional groups attached to an aromatic ring is 1. The molecule has 2 aromatic rings. The molecule has 2 aromatic carbocycles. The molecule has 0 radical (unpaired) electrons. The number of para-hydroxylation sites is 1. The second-order valence-electron chi connectivity index (χ2n) is 4.52. The van der Waals surface area contributed by atoms with E-state index in [9.17, 15) is 0 Å². The second-order valence-corrected chi connectivity index (χ2v) is 4.52. The number of hydrogen-bond donors (Lipinski definition) is 2. The average Bonchev–Trinajstić information content (AvgIpc) is 2.43. The Hall–Kier alpha value is -2.16. The molecule has 0 aliphatic rings. The molecule has 0 fully saturated rings. The van der Waals surface area contributed by atoms with Crippen LogP contribution in [0.4, 0.5) is 11.4 Å². The Bertz CT molecular complexity index is 552. The maximum atomic E-state index is 6.02. The van der Waals surface area contributed by atoms with Gasteiger partial charge >= 0.3 is 0 Å². The molecule has 3 N–H and O–H groups in total. The van der Waals surface area contributed by atoms with Crippen molar-refractivity contribution in [1.82, 2.24) is 0 Å². The first-order chi connectivity index (χ1) is 9.22. The summed E-state index contributed by atoms with van der Waals surface area (Å²) in [5, 5.41) is 3.36. The van der Waals surface area contributed by atoms with E-state index in [4.69, 9.17) is 10.5 Å². The molecule has 0 amide bonds. The third kappa shape index (κ3) is 3.19. The van der Waals surface area contributed by atoms with E-state index in [1.165, 1.54) is 11.1 Å². The first-order valence-corrected chi connectivity index (χ1v) is 6.43. The van der Waals surface area contributed by atoms with Crippen molar-refractivity contribution < 1.29 is 4.74 Å². The Kier molecular flexibility index (Phi) is 4.29. The molecular weight excluding hydrogens is 236 g/mol. The largest absolute Gasteiger partial charge is 0.495 e. The molecule has 0 unspecified atom stereocenters. The van der Waals surface area contributed by atoms with Crippen LogP contribution in [-0.4, -0.2) is 13.7 Å². The minimum absolute atomic E-state index is 0.662. The van der Waals surface area contributed by atoms with Crippen LogP contribution in [0.5, 0.6) is 5.75 Å². The molecule has 0 atom stereocenters. The predicted octanol–water partition coefficient (Wildman–Crippen LogP) is 3.24. The van der Waals surface area contributed by atoms with Crippen LogP contribution in [0.2, 0.25) is 0 Å². The van der Waals surface area contributed by atoms with Crippen molar-refractivity contribution in [2.75, 3.05) is 24.7 Å². The Morgan fingerprint density at radius 2 is 1.89 bits per heavy atom. The topological polar surface area (TPSA) is 47.3 Å². The summed E-state index contributed by atoms with van der Waals surface area (Å²) in [6, 6.07) is 14.2. The van der Waals surface area contributed by atoms with Crippen molar-refractivity contribution in [3.63, 3.8) is 0 Å². The summed E-state index contributed by atoms with van der Waals surface area (Å²) < 4.78 is 5.20. The number of methoxy groups -OCH3 is 1. The van der Waals surface area contributed by atoms with E-state index in [0.29, 0.717) is 11.4 Å². The smallest absolute Gasteiger partial charge is 0.143 e. The van der Waals surface area contributed by atoms with Gasteiger partial charge in [0, 0.05) is 6.54 Å². The number of rotatable bonds is 5. The summed E-state index contributed by atoms with van der Waals surface area (Å²) >= 11 is 0. The first-order valence-electron chi connectivity index (χ1n) is 6.43. The highest BCUT2D eigenvalue weighted by molar-refractivity contribution is 5.72. The zero-order valence-electron chi connectivity index (χ0n) is 11.4. The van der Waals surface area contributed by atoms with Crippen LogP contribution < -0.4 is 15.8 Å². The van der Waals surface area contributed by atoms with Crippen molar-refractivity contribution in [3.8, 4) is 5.75 Å². The van der Waals surface area contributed by atoms with Gasteiger partial charge in [0.25, 0.3) is 0 Å². The van der Waals surface area contributed by atoms with Crippen LogP contribution in [0.1, 0.15) is 11.1 Å². The minimum atomic E-state index is 0.662. The molecule has 2 rings (SSSR count). The lowest BCUT2D eigenvalue weighted by molar-refractivity contribution is 0.417. The summed E-state index contributed by atoms with van der Waals surface area (Å²) in [4.78, 5) is 0. The first kappa shape index (κ1) is 13.3. The zero-order chi connectivity index (χ0) is 13.7. The van der Waals surface area contributed by atoms with E-state index in [1.807, 2.05) is 18.2 Å². The Morgan fingerprint density at radius 3 is 2.63 bits per heavy atom. The van der Waals surface area contributed by atoms with Crippen molar-refractivity contribution >= 4 is 11.4 Å². The summed E-state index contributed by atoms with van der Waals surface area (Å²) in [5.74, 6) is 0.709. The van der Waals surface area contributed by atoms with Crippen LogP contribution in [0, 0.1) is 6.92 Å². The van der Waals surface area contributed by atoms with Crippen molar-refractivity contribution in [3.05, 3.63) is 53.6 Å². The van der Waals surface area contributed by atoms with Crippen LogP contribution in [0.25, 0.3) is 0 Å². The second kappa shape index (κ2) is 6.14. The molecule has 0 bridgehead atoms. The maximum absolute atomic E-state index is 6.02. The fraction of sp³-hybridized carbons (Fsp3) is 0.250. The van der Waals surface area contributed by atoms with Gasteiger partial charge in [-0.25, -0.2) is 0 Å². The molecule has 0 aliphatic heterocycles. The molecule has 100 valence electrons. The molecular formula is C16H20N2O. The summed E-state index contributed by atoms with van der Waals surface area (Å²) in [7, 11) is 1.63. The quantitative estimate of drug-likeness (QED) is 0.807. The molecule has 0 saturated heterocycles. The number of nitrogens with one attached hydrogen (secondary N) is 1. The molecule has 19 heavy (non-hydrogen) atoms. The zero-order valence-corrected chi connectivity index (χ0v) is 11.4. The van der Waals surface area contributed by atoms with E-state index in [2.05, 4.69) is 36.5 Å². The highest BCUT2D eigenvalue weighted by Crippen LogP contribution is 2.28. The summed E-state index contributed by atoms with van der Waals surface area (Å²) in [5.41, 5.74) is 10.3. The number of benzene rings is 2. The molecule has 3 heteroatoms. The van der Waals surface area contributed by atoms with E-state index < -0.39 is 0 Å². The van der Waals surface area contributed by atoms with Gasteiger partial charge in [0.1, 0.15) is 5.75 Å². The maximum Gasteiger partial charge on any atom is 0.143 e. The summed E-state index contributed by atoms with van der Waals surface area (Å²) in [6.07, 6.45) is 0.976. The van der Waals surface area contributed by atoms with Crippen LogP contribution in [0.3, 0.4) is 0 Å². The molecule has 0 saturated carbocycles. The van der Waals surface area contributed by atoms with Gasteiger partial charge in [-0.15, -0.1) is 0 Å². The predicted molar refractivity (Wildman–Crippen MR) is 80.8 cm³/mol. The Balaban J connectivity index is 1.98. The fourth-order valence-corrected chi connectivity index (χ4v) is 2.10. The van der Waals surface area contributed by atoms with Crippen LogP contribution in [-0.2, 0) is 6.42 Å². The Labute approximate surface area is 114 Å². The monoisotopic (exact) mass is 256 g/mol. The molecule has 0 heterocycles. The number of hydrogen-bond acceptors (Lipinski definition) is 3. The van der Waals surface area contributed by atoms with Gasteiger partial charge in [0.05, 0.1) is 18.5 Å². The number of nitrogens with two attached hydrogens (primary N) is 1. The number of ether oxygens (including phenoxy) is 1. The molecule has 0 spiro atoms. The van der Waals surface area contributed by atoms with Gasteiger partial charge in [0.2, 0.25) is 0 Å². The highest BCUT2D eigenvalue weighted by Gasteiger charge is 2.04. The van der Waals surface area contributed by atoms with Crippen LogP contribution in [0.15, 0.2) is 42.5 Å². The van der Waals surface area contributed by atoms with Gasteiger partial charge in [-0.1, -0.05) is 30.3 Å².